The molecule has 1 aromatic rings. The van der Waals surface area contributed by atoms with Crippen LogP contribution >= 0.6 is 24.0 Å². The predicted octanol–water partition coefficient (Wildman–Crippen LogP) is 4.10. The van der Waals surface area contributed by atoms with E-state index in [0.717, 1.165) is 57.2 Å². The fourth-order valence-electron chi connectivity index (χ4n) is 4.64. The molecule has 6 heteroatoms. The maximum Gasteiger partial charge on any atom is 0.230 e. The topological polar surface area (TPSA) is 50.4 Å². The lowest BCUT2D eigenvalue weighted by Crippen LogP contribution is -2.52. The van der Waals surface area contributed by atoms with Crippen molar-refractivity contribution in [3.05, 3.63) is 34.9 Å². The van der Waals surface area contributed by atoms with E-state index in [9.17, 15) is 4.79 Å². The summed E-state index contributed by atoms with van der Waals surface area (Å²) in [6.45, 7) is 3.36. The zero-order chi connectivity index (χ0) is 18.5. The maximum absolute atomic E-state index is 13.4. The molecule has 1 aliphatic heterocycles. The fraction of sp³-hybridized carbons (Fsp3) is 0.667. The van der Waals surface area contributed by atoms with Gasteiger partial charge in [0.05, 0.1) is 12.0 Å². The van der Waals surface area contributed by atoms with Crippen molar-refractivity contribution in [1.29, 1.82) is 0 Å². The van der Waals surface area contributed by atoms with E-state index in [-0.39, 0.29) is 23.7 Å². The first-order chi connectivity index (χ1) is 12.6. The fourth-order valence-corrected chi connectivity index (χ4v) is 4.77. The number of amides is 1. The molecule has 0 spiro atoms. The summed E-state index contributed by atoms with van der Waals surface area (Å²) in [7, 11) is 1.75. The Hall–Kier alpha value is -0.810. The minimum absolute atomic E-state index is 0. The Balaban J connectivity index is 0.00000261. The Morgan fingerprint density at radius 2 is 1.74 bits per heavy atom. The molecule has 3 rings (SSSR count). The van der Waals surface area contributed by atoms with Crippen molar-refractivity contribution >= 4 is 29.9 Å². The summed E-state index contributed by atoms with van der Waals surface area (Å²) in [5, 5.41) is 7.45. The number of piperidine rings is 1. The van der Waals surface area contributed by atoms with Gasteiger partial charge in [-0.2, -0.15) is 0 Å². The normalized spacial score (nSPS) is 21.1. The number of methoxy groups -OCH3 is 1. The molecule has 1 heterocycles. The van der Waals surface area contributed by atoms with E-state index in [2.05, 4.69) is 10.6 Å². The maximum atomic E-state index is 13.4. The molecule has 2 N–H and O–H groups in total. The van der Waals surface area contributed by atoms with Gasteiger partial charge in [0.15, 0.2) is 0 Å². The van der Waals surface area contributed by atoms with Crippen LogP contribution in [0, 0.1) is 5.41 Å². The second kappa shape index (κ2) is 10.1. The van der Waals surface area contributed by atoms with Crippen LogP contribution in [-0.2, 0) is 14.9 Å². The van der Waals surface area contributed by atoms with E-state index < -0.39 is 5.41 Å². The third-order valence-corrected chi connectivity index (χ3v) is 6.53. The van der Waals surface area contributed by atoms with Gasteiger partial charge in [-0.1, -0.05) is 43.0 Å². The average Bonchev–Trinajstić information content (AvgIpc) is 2.68. The minimum Gasteiger partial charge on any atom is -0.384 e. The molecule has 1 aromatic carbocycles. The third kappa shape index (κ3) is 5.17. The number of hydrogen-bond donors (Lipinski definition) is 2. The number of ether oxygens (including phenoxy) is 1. The van der Waals surface area contributed by atoms with Crippen LogP contribution < -0.4 is 10.6 Å². The molecular weight excluding hydrogens is 383 g/mol. The standard InChI is InChI=1S/C21H31ClN2O2.ClH/c1-26-16-20(11-13-23-14-12-20)15-24-19(25)21(9-3-2-4-10-21)17-5-7-18(22)8-6-17;/h5-8,23H,2-4,9-16H2,1H3,(H,24,25);1H. The second-order valence-corrected chi connectivity index (χ2v) is 8.45. The van der Waals surface area contributed by atoms with Crippen molar-refractivity contribution in [3.8, 4) is 0 Å². The van der Waals surface area contributed by atoms with Crippen molar-refractivity contribution in [2.45, 2.75) is 50.4 Å². The highest BCUT2D eigenvalue weighted by atomic mass is 35.5. The number of rotatable bonds is 6. The molecule has 1 aliphatic carbocycles. The van der Waals surface area contributed by atoms with Crippen molar-refractivity contribution in [2.24, 2.45) is 5.41 Å². The average molecular weight is 415 g/mol. The third-order valence-electron chi connectivity index (χ3n) is 6.28. The van der Waals surface area contributed by atoms with Crippen molar-refractivity contribution in [2.75, 3.05) is 33.4 Å². The Morgan fingerprint density at radius 1 is 1.11 bits per heavy atom. The van der Waals surface area contributed by atoms with Crippen LogP contribution in [0.15, 0.2) is 24.3 Å². The van der Waals surface area contributed by atoms with E-state index in [1.165, 1.54) is 6.42 Å². The Morgan fingerprint density at radius 3 is 2.33 bits per heavy atom. The quantitative estimate of drug-likeness (QED) is 0.736. The number of halogens is 2. The van der Waals surface area contributed by atoms with Gasteiger partial charge >= 0.3 is 0 Å². The summed E-state index contributed by atoms with van der Waals surface area (Å²) >= 11 is 6.07. The first-order valence-electron chi connectivity index (χ1n) is 9.84. The molecule has 0 atom stereocenters. The van der Waals surface area contributed by atoms with E-state index >= 15 is 0 Å². The van der Waals surface area contributed by atoms with Crippen LogP contribution in [0.25, 0.3) is 0 Å². The minimum atomic E-state index is -0.413. The summed E-state index contributed by atoms with van der Waals surface area (Å²) < 4.78 is 5.49. The second-order valence-electron chi connectivity index (χ2n) is 8.02. The van der Waals surface area contributed by atoms with Gasteiger partial charge in [-0.05, 0) is 56.5 Å². The monoisotopic (exact) mass is 414 g/mol. The molecule has 1 saturated heterocycles. The Kier molecular flexibility index (Phi) is 8.41. The van der Waals surface area contributed by atoms with Gasteiger partial charge in [0.2, 0.25) is 5.91 Å². The lowest BCUT2D eigenvalue weighted by Gasteiger charge is -2.40. The van der Waals surface area contributed by atoms with E-state index in [0.29, 0.717) is 18.2 Å². The highest BCUT2D eigenvalue weighted by Crippen LogP contribution is 2.40. The van der Waals surface area contributed by atoms with Crippen molar-refractivity contribution in [1.82, 2.24) is 10.6 Å². The smallest absolute Gasteiger partial charge is 0.230 e. The Bertz CT molecular complexity index is 589. The van der Waals surface area contributed by atoms with Crippen molar-refractivity contribution in [3.63, 3.8) is 0 Å². The molecule has 0 unspecified atom stereocenters. The lowest BCUT2D eigenvalue weighted by molar-refractivity contribution is -0.129. The van der Waals surface area contributed by atoms with Gasteiger partial charge in [0, 0.05) is 24.1 Å². The van der Waals surface area contributed by atoms with Crippen LogP contribution in [0.2, 0.25) is 5.02 Å². The zero-order valence-electron chi connectivity index (χ0n) is 16.2. The molecule has 152 valence electrons. The predicted molar refractivity (Wildman–Crippen MR) is 113 cm³/mol. The van der Waals surface area contributed by atoms with Gasteiger partial charge in [-0.15, -0.1) is 12.4 Å². The number of benzene rings is 1. The highest BCUT2D eigenvalue weighted by Gasteiger charge is 2.42. The number of carbonyl (C=O) groups excluding carboxylic acids is 1. The van der Waals surface area contributed by atoms with E-state index in [1.54, 1.807) is 7.11 Å². The van der Waals surface area contributed by atoms with Crippen LogP contribution in [-0.4, -0.2) is 39.3 Å². The molecule has 0 radical (unpaired) electrons. The lowest BCUT2D eigenvalue weighted by atomic mass is 9.68. The molecule has 0 aromatic heterocycles. The first-order valence-corrected chi connectivity index (χ1v) is 10.2. The summed E-state index contributed by atoms with van der Waals surface area (Å²) in [6, 6.07) is 7.87. The van der Waals surface area contributed by atoms with Crippen LogP contribution in [0.4, 0.5) is 0 Å². The molecule has 1 amide bonds. The van der Waals surface area contributed by atoms with Crippen LogP contribution in [0.3, 0.4) is 0 Å². The number of carbonyl (C=O) groups is 1. The molecule has 2 aliphatic rings. The molecule has 4 nitrogen and oxygen atoms in total. The molecular formula is C21H32Cl2N2O2. The summed E-state index contributed by atoms with van der Waals surface area (Å²) in [5.41, 5.74) is 0.736. The SMILES string of the molecule is COCC1(CNC(=O)C2(c3ccc(Cl)cc3)CCCCC2)CCNCC1.Cl. The molecule has 0 bridgehead atoms. The summed E-state index contributed by atoms with van der Waals surface area (Å²) in [5.74, 6) is 0.175. The summed E-state index contributed by atoms with van der Waals surface area (Å²) in [6.07, 6.45) is 7.32. The Labute approximate surface area is 174 Å². The zero-order valence-corrected chi connectivity index (χ0v) is 17.8. The summed E-state index contributed by atoms with van der Waals surface area (Å²) in [4.78, 5) is 13.4. The van der Waals surface area contributed by atoms with Gasteiger partial charge in [-0.3, -0.25) is 4.79 Å². The number of nitrogens with one attached hydrogen (secondary N) is 2. The van der Waals surface area contributed by atoms with E-state index in [1.807, 2.05) is 24.3 Å². The highest BCUT2D eigenvalue weighted by molar-refractivity contribution is 6.30. The van der Waals surface area contributed by atoms with Gasteiger partial charge in [0.25, 0.3) is 0 Å². The van der Waals surface area contributed by atoms with Gasteiger partial charge in [0.1, 0.15) is 0 Å². The molecule has 2 fully saturated rings. The van der Waals surface area contributed by atoms with Crippen molar-refractivity contribution < 1.29 is 9.53 Å². The van der Waals surface area contributed by atoms with Gasteiger partial charge < -0.3 is 15.4 Å². The largest absolute Gasteiger partial charge is 0.384 e. The molecule has 1 saturated carbocycles. The molecule has 27 heavy (non-hydrogen) atoms. The first kappa shape index (κ1) is 22.5. The van der Waals surface area contributed by atoms with Crippen LogP contribution in [0.1, 0.15) is 50.5 Å². The van der Waals surface area contributed by atoms with Crippen LogP contribution in [0.5, 0.6) is 0 Å². The number of hydrogen-bond acceptors (Lipinski definition) is 3. The van der Waals surface area contributed by atoms with E-state index in [4.69, 9.17) is 16.3 Å². The van der Waals surface area contributed by atoms with Gasteiger partial charge in [-0.25, -0.2) is 0 Å².